The van der Waals surface area contributed by atoms with Crippen LogP contribution in [0.15, 0.2) is 12.2 Å². The lowest BCUT2D eigenvalue weighted by Gasteiger charge is -2.37. The summed E-state index contributed by atoms with van der Waals surface area (Å²) in [5.41, 5.74) is -0.299. The summed E-state index contributed by atoms with van der Waals surface area (Å²) in [6.45, 7) is 8.05. The molecule has 0 radical (unpaired) electrons. The maximum atomic E-state index is 11.7. The van der Waals surface area contributed by atoms with Gasteiger partial charge in [0.25, 0.3) is 0 Å². The Kier molecular flexibility index (Phi) is 2.03. The largest absolute Gasteiger partial charge is 0.458 e. The van der Waals surface area contributed by atoms with E-state index in [4.69, 9.17) is 9.47 Å². The zero-order valence-corrected chi connectivity index (χ0v) is 11.4. The summed E-state index contributed by atoms with van der Waals surface area (Å²) in [6.07, 6.45) is 2.28. The molecule has 2 aliphatic heterocycles. The lowest BCUT2D eigenvalue weighted by atomic mass is 9.75. The summed E-state index contributed by atoms with van der Waals surface area (Å²) in [4.78, 5) is 11.7. The molecule has 7 unspecified atom stereocenters. The molecule has 2 heterocycles. The molecule has 19 heavy (non-hydrogen) atoms. The topological polar surface area (TPSA) is 59.1 Å². The molecule has 2 saturated heterocycles. The standard InChI is InChI=1S/C15H20O4/c1-7-4-10-9(8(2)13(16)18-10)5-11-14(3)12(19-14)6-15(7,11)17/h7,9-12,17H,2,4-6H2,1,3H3. The molecule has 0 aromatic heterocycles. The van der Waals surface area contributed by atoms with E-state index in [-0.39, 0.29) is 41.5 Å². The summed E-state index contributed by atoms with van der Waals surface area (Å²) in [7, 11) is 0. The van der Waals surface area contributed by atoms with Gasteiger partial charge in [0.05, 0.1) is 17.3 Å². The van der Waals surface area contributed by atoms with Crippen molar-refractivity contribution < 1.29 is 19.4 Å². The van der Waals surface area contributed by atoms with Gasteiger partial charge in [0.2, 0.25) is 0 Å². The van der Waals surface area contributed by atoms with Crippen molar-refractivity contribution in [3.63, 3.8) is 0 Å². The van der Waals surface area contributed by atoms with Crippen molar-refractivity contribution in [2.75, 3.05) is 0 Å². The molecule has 4 nitrogen and oxygen atoms in total. The Bertz CT molecular complexity index is 487. The van der Waals surface area contributed by atoms with E-state index >= 15 is 0 Å². The maximum absolute atomic E-state index is 11.7. The molecule has 4 heteroatoms. The number of aliphatic hydroxyl groups is 1. The number of carbonyl (C=O) groups excluding carboxylic acids is 1. The van der Waals surface area contributed by atoms with Crippen LogP contribution in [0.5, 0.6) is 0 Å². The maximum Gasteiger partial charge on any atom is 0.334 e. The minimum absolute atomic E-state index is 0.0498. The number of hydrogen-bond acceptors (Lipinski definition) is 4. The fourth-order valence-corrected chi connectivity index (χ4v) is 4.73. The summed E-state index contributed by atoms with van der Waals surface area (Å²) in [5, 5.41) is 11.1. The first-order chi connectivity index (χ1) is 8.86. The van der Waals surface area contributed by atoms with Crippen LogP contribution >= 0.6 is 0 Å². The summed E-state index contributed by atoms with van der Waals surface area (Å²) < 4.78 is 11.2. The summed E-state index contributed by atoms with van der Waals surface area (Å²) in [6, 6.07) is 0. The molecule has 0 aromatic carbocycles. The Labute approximate surface area is 112 Å². The molecular weight excluding hydrogens is 244 g/mol. The predicted molar refractivity (Wildman–Crippen MR) is 67.2 cm³/mol. The average Bonchev–Trinajstić information content (AvgIpc) is 2.85. The predicted octanol–water partition coefficient (Wildman–Crippen LogP) is 1.42. The Hall–Kier alpha value is -0.870. The van der Waals surface area contributed by atoms with Crippen molar-refractivity contribution in [2.45, 2.75) is 56.5 Å². The minimum Gasteiger partial charge on any atom is -0.458 e. The van der Waals surface area contributed by atoms with Crippen LogP contribution in [0, 0.1) is 17.8 Å². The van der Waals surface area contributed by atoms with Crippen LogP contribution in [-0.2, 0) is 14.3 Å². The lowest BCUT2D eigenvalue weighted by Crippen LogP contribution is -2.45. The first-order valence-corrected chi connectivity index (χ1v) is 7.16. The summed E-state index contributed by atoms with van der Waals surface area (Å²) >= 11 is 0. The number of rotatable bonds is 0. The molecule has 4 rings (SSSR count). The van der Waals surface area contributed by atoms with Crippen molar-refractivity contribution in [3.05, 3.63) is 12.2 Å². The van der Waals surface area contributed by atoms with Crippen LogP contribution in [0.3, 0.4) is 0 Å². The highest BCUT2D eigenvalue weighted by Gasteiger charge is 2.73. The molecule has 1 N–H and O–H groups in total. The number of hydrogen-bond donors (Lipinski definition) is 1. The van der Waals surface area contributed by atoms with Gasteiger partial charge in [0.15, 0.2) is 0 Å². The molecule has 0 aromatic rings. The van der Waals surface area contributed by atoms with Gasteiger partial charge in [-0.1, -0.05) is 13.5 Å². The summed E-state index contributed by atoms with van der Waals surface area (Å²) in [5.74, 6) is -0.00141. The molecule has 0 amide bonds. The van der Waals surface area contributed by atoms with E-state index in [1.807, 2.05) is 0 Å². The first kappa shape index (κ1) is 11.9. The Morgan fingerprint density at radius 3 is 2.89 bits per heavy atom. The second-order valence-electron chi connectivity index (χ2n) is 6.99. The smallest absolute Gasteiger partial charge is 0.334 e. The highest BCUT2D eigenvalue weighted by Crippen LogP contribution is 2.64. The third-order valence-corrected chi connectivity index (χ3v) is 6.13. The van der Waals surface area contributed by atoms with E-state index < -0.39 is 5.60 Å². The molecule has 104 valence electrons. The molecule has 2 saturated carbocycles. The number of ether oxygens (including phenoxy) is 2. The molecule has 2 aliphatic carbocycles. The van der Waals surface area contributed by atoms with Gasteiger partial charge in [-0.05, 0) is 25.7 Å². The van der Waals surface area contributed by atoms with E-state index in [0.717, 1.165) is 19.3 Å². The van der Waals surface area contributed by atoms with E-state index in [1.54, 1.807) is 0 Å². The van der Waals surface area contributed by atoms with Crippen molar-refractivity contribution in [3.8, 4) is 0 Å². The van der Waals surface area contributed by atoms with Crippen LogP contribution in [0.25, 0.3) is 0 Å². The number of fused-ring (bicyclic) bond motifs is 4. The molecule has 0 bridgehead atoms. The zero-order valence-electron chi connectivity index (χ0n) is 11.4. The number of carbonyl (C=O) groups is 1. The molecule has 4 fully saturated rings. The van der Waals surface area contributed by atoms with E-state index in [2.05, 4.69) is 20.4 Å². The van der Waals surface area contributed by atoms with Gasteiger partial charge in [-0.25, -0.2) is 4.79 Å². The van der Waals surface area contributed by atoms with Gasteiger partial charge in [0, 0.05) is 23.8 Å². The Morgan fingerprint density at radius 2 is 2.16 bits per heavy atom. The van der Waals surface area contributed by atoms with Crippen LogP contribution in [0.4, 0.5) is 0 Å². The van der Waals surface area contributed by atoms with Gasteiger partial charge in [0.1, 0.15) is 6.10 Å². The van der Waals surface area contributed by atoms with Gasteiger partial charge in [-0.3, -0.25) is 0 Å². The van der Waals surface area contributed by atoms with Crippen LogP contribution < -0.4 is 0 Å². The normalized spacial score (nSPS) is 59.0. The fraction of sp³-hybridized carbons (Fsp3) is 0.800. The zero-order chi connectivity index (χ0) is 13.6. The SMILES string of the molecule is C=C1C(=O)OC2CC(C)C3(O)CC4OC4(C)C3CC12. The van der Waals surface area contributed by atoms with Crippen molar-refractivity contribution in [1.82, 2.24) is 0 Å². The molecule has 7 atom stereocenters. The van der Waals surface area contributed by atoms with E-state index in [0.29, 0.717) is 5.57 Å². The quantitative estimate of drug-likeness (QED) is 0.408. The van der Waals surface area contributed by atoms with Gasteiger partial charge in [-0.15, -0.1) is 0 Å². The second-order valence-corrected chi connectivity index (χ2v) is 6.99. The number of esters is 1. The lowest BCUT2D eigenvalue weighted by molar-refractivity contribution is -0.141. The molecule has 0 spiro atoms. The highest BCUT2D eigenvalue weighted by molar-refractivity contribution is 5.90. The van der Waals surface area contributed by atoms with Gasteiger partial charge in [-0.2, -0.15) is 0 Å². The third kappa shape index (κ3) is 1.29. The van der Waals surface area contributed by atoms with Crippen molar-refractivity contribution >= 4 is 5.97 Å². The minimum atomic E-state index is -0.672. The average molecular weight is 264 g/mol. The van der Waals surface area contributed by atoms with Crippen LogP contribution in [0.2, 0.25) is 0 Å². The van der Waals surface area contributed by atoms with E-state index in [9.17, 15) is 9.90 Å². The van der Waals surface area contributed by atoms with Crippen molar-refractivity contribution in [2.24, 2.45) is 17.8 Å². The Morgan fingerprint density at radius 1 is 1.42 bits per heavy atom. The van der Waals surface area contributed by atoms with Gasteiger partial charge >= 0.3 is 5.97 Å². The fourth-order valence-electron chi connectivity index (χ4n) is 4.73. The van der Waals surface area contributed by atoms with Crippen LogP contribution in [0.1, 0.15) is 33.1 Å². The highest BCUT2D eigenvalue weighted by atomic mass is 16.6. The molecule has 4 aliphatic rings. The second kappa shape index (κ2) is 3.23. The first-order valence-electron chi connectivity index (χ1n) is 7.16. The third-order valence-electron chi connectivity index (χ3n) is 6.13. The number of epoxide rings is 1. The van der Waals surface area contributed by atoms with Crippen molar-refractivity contribution in [1.29, 1.82) is 0 Å². The van der Waals surface area contributed by atoms with Crippen LogP contribution in [-0.4, -0.2) is 34.5 Å². The monoisotopic (exact) mass is 264 g/mol. The molecular formula is C15H20O4. The van der Waals surface area contributed by atoms with E-state index in [1.165, 1.54) is 0 Å². The van der Waals surface area contributed by atoms with Gasteiger partial charge < -0.3 is 14.6 Å². The Balaban J connectivity index is 1.73.